The molecular weight excluding hydrogens is 418 g/mol. The number of halogens is 2. The third kappa shape index (κ3) is 4.44. The molecule has 32 heavy (non-hydrogen) atoms. The summed E-state index contributed by atoms with van der Waals surface area (Å²) in [5.41, 5.74) is -0.451. The van der Waals surface area contributed by atoms with Crippen LogP contribution in [0.3, 0.4) is 0 Å². The van der Waals surface area contributed by atoms with E-state index in [1.54, 1.807) is 38.4 Å². The van der Waals surface area contributed by atoms with Gasteiger partial charge in [0, 0.05) is 6.54 Å². The highest BCUT2D eigenvalue weighted by Crippen LogP contribution is 2.32. The molecule has 0 atom stereocenters. The predicted molar refractivity (Wildman–Crippen MR) is 112 cm³/mol. The lowest BCUT2D eigenvalue weighted by atomic mass is 9.97. The van der Waals surface area contributed by atoms with Crippen molar-refractivity contribution in [2.45, 2.75) is 41.2 Å². The number of aryl methyl sites for hydroxylation is 2. The van der Waals surface area contributed by atoms with Gasteiger partial charge >= 0.3 is 5.97 Å². The van der Waals surface area contributed by atoms with Gasteiger partial charge in [-0.15, -0.1) is 0 Å². The van der Waals surface area contributed by atoms with Crippen LogP contribution in [-0.2, 0) is 16.1 Å². The van der Waals surface area contributed by atoms with Gasteiger partial charge in [-0.3, -0.25) is 9.48 Å². The molecule has 0 spiro atoms. The van der Waals surface area contributed by atoms with E-state index in [1.165, 1.54) is 6.07 Å². The Bertz CT molecular complexity index is 1220. The maximum absolute atomic E-state index is 14.2. The van der Waals surface area contributed by atoms with Crippen LogP contribution in [0.5, 0.6) is 0 Å². The highest BCUT2D eigenvalue weighted by molar-refractivity contribution is 5.97. The molecule has 0 aliphatic rings. The van der Waals surface area contributed by atoms with E-state index in [4.69, 9.17) is 9.15 Å². The van der Waals surface area contributed by atoms with Crippen LogP contribution in [0.15, 0.2) is 34.9 Å². The molecule has 7 nitrogen and oxygen atoms in total. The molecule has 3 rings (SSSR count). The van der Waals surface area contributed by atoms with Gasteiger partial charge < -0.3 is 9.15 Å². The third-order valence-corrected chi connectivity index (χ3v) is 4.52. The fourth-order valence-corrected chi connectivity index (χ4v) is 2.88. The first-order valence-electron chi connectivity index (χ1n) is 9.88. The minimum absolute atomic E-state index is 0.0385. The summed E-state index contributed by atoms with van der Waals surface area (Å²) >= 11 is 0. The number of rotatable bonds is 5. The van der Waals surface area contributed by atoms with E-state index in [9.17, 15) is 18.8 Å². The summed E-state index contributed by atoms with van der Waals surface area (Å²) in [6, 6.07) is 7.01. The van der Waals surface area contributed by atoms with Gasteiger partial charge in [-0.05, 0) is 52.8 Å². The van der Waals surface area contributed by atoms with E-state index >= 15 is 0 Å². The topological polar surface area (TPSA) is 93.9 Å². The average molecular weight is 440 g/mol. The Balaban J connectivity index is 2.21. The monoisotopic (exact) mass is 440 g/mol. The van der Waals surface area contributed by atoms with Crippen molar-refractivity contribution in [3.8, 4) is 17.5 Å². The molecule has 0 amide bonds. The minimum Gasteiger partial charge on any atom is -0.444 e. The van der Waals surface area contributed by atoms with Crippen LogP contribution >= 0.6 is 0 Å². The molecule has 3 aromatic rings. The number of oxazole rings is 1. The van der Waals surface area contributed by atoms with E-state index in [-0.39, 0.29) is 22.9 Å². The molecule has 2 heterocycles. The lowest BCUT2D eigenvalue weighted by Crippen LogP contribution is -2.23. The first-order valence-corrected chi connectivity index (χ1v) is 9.88. The predicted octanol–water partition coefficient (Wildman–Crippen LogP) is 5.13. The van der Waals surface area contributed by atoms with Gasteiger partial charge in [0.2, 0.25) is 5.89 Å². The maximum atomic E-state index is 14.2. The molecule has 0 saturated carbocycles. The number of nitrogens with zero attached hydrogens (tertiary/aromatic N) is 4. The fourth-order valence-electron chi connectivity index (χ4n) is 2.88. The van der Waals surface area contributed by atoms with Crippen LogP contribution in [-0.4, -0.2) is 20.7 Å². The smallest absolute Gasteiger partial charge is 0.316 e. The van der Waals surface area contributed by atoms with Crippen molar-refractivity contribution >= 4 is 17.3 Å². The number of aromatic nitrogens is 3. The Morgan fingerprint density at radius 3 is 2.50 bits per heavy atom. The van der Waals surface area contributed by atoms with Gasteiger partial charge in [-0.25, -0.2) is 13.8 Å². The van der Waals surface area contributed by atoms with Crippen LogP contribution in [0.2, 0.25) is 0 Å². The second-order valence-electron chi connectivity index (χ2n) is 8.08. The van der Waals surface area contributed by atoms with Crippen molar-refractivity contribution in [2.75, 3.05) is 0 Å². The standard InChI is InChI=1S/C23H22F2N4O3/c1-6-29-18(10-13(2)28-29)20(32-22(30)23(3,4)5)14(11-26)17-12-31-21(27-17)19-15(24)8-7-9-16(19)25/h7-10,12H,6H2,1-5H3. The third-order valence-electron chi connectivity index (χ3n) is 4.52. The summed E-state index contributed by atoms with van der Waals surface area (Å²) in [4.78, 5) is 16.8. The minimum atomic E-state index is -0.861. The Morgan fingerprint density at radius 2 is 1.94 bits per heavy atom. The molecule has 0 fully saturated rings. The highest BCUT2D eigenvalue weighted by Gasteiger charge is 2.29. The van der Waals surface area contributed by atoms with Crippen LogP contribution in [0.1, 0.15) is 44.8 Å². The largest absolute Gasteiger partial charge is 0.444 e. The van der Waals surface area contributed by atoms with Crippen LogP contribution in [0.4, 0.5) is 8.78 Å². The first kappa shape index (κ1) is 22.9. The van der Waals surface area contributed by atoms with Gasteiger partial charge in [-0.1, -0.05) is 6.07 Å². The number of hydrogen-bond donors (Lipinski definition) is 0. The van der Waals surface area contributed by atoms with Crippen molar-refractivity contribution in [3.05, 3.63) is 59.2 Å². The number of esters is 1. The summed E-state index contributed by atoms with van der Waals surface area (Å²) in [5.74, 6) is -2.71. The number of ether oxygens (including phenoxy) is 1. The van der Waals surface area contributed by atoms with Gasteiger partial charge in [0.15, 0.2) is 5.76 Å². The van der Waals surface area contributed by atoms with Crippen LogP contribution < -0.4 is 0 Å². The summed E-state index contributed by atoms with van der Waals surface area (Å²) in [5, 5.41) is 14.3. The number of carbonyl (C=O) groups is 1. The molecule has 1 aromatic carbocycles. The summed E-state index contributed by atoms with van der Waals surface area (Å²) in [7, 11) is 0. The van der Waals surface area contributed by atoms with Gasteiger partial charge in [0.05, 0.1) is 11.1 Å². The molecule has 2 aromatic heterocycles. The van der Waals surface area contributed by atoms with E-state index in [0.717, 1.165) is 18.4 Å². The number of allylic oxidation sites excluding steroid dienone is 1. The Hall–Kier alpha value is -3.80. The van der Waals surface area contributed by atoms with Gasteiger partial charge in [0.1, 0.15) is 46.5 Å². The van der Waals surface area contributed by atoms with Gasteiger partial charge in [-0.2, -0.15) is 10.4 Å². The quantitative estimate of drug-likeness (QED) is 0.310. The zero-order valence-electron chi connectivity index (χ0n) is 18.4. The molecule has 9 heteroatoms. The number of hydrogen-bond acceptors (Lipinski definition) is 6. The lowest BCUT2D eigenvalue weighted by molar-refractivity contribution is -0.145. The van der Waals surface area contributed by atoms with E-state index in [1.807, 2.05) is 13.0 Å². The summed E-state index contributed by atoms with van der Waals surface area (Å²) in [6.45, 7) is 9.09. The normalized spacial score (nSPS) is 12.3. The first-order chi connectivity index (χ1) is 15.1. The second-order valence-corrected chi connectivity index (χ2v) is 8.08. The molecule has 0 N–H and O–H groups in total. The average Bonchev–Trinajstić information content (AvgIpc) is 3.33. The van der Waals surface area contributed by atoms with Gasteiger partial charge in [0.25, 0.3) is 0 Å². The zero-order valence-corrected chi connectivity index (χ0v) is 18.4. The lowest BCUT2D eigenvalue weighted by Gasteiger charge is -2.19. The van der Waals surface area contributed by atoms with Crippen molar-refractivity contribution in [1.29, 1.82) is 5.26 Å². The molecule has 0 saturated heterocycles. The molecule has 0 aliphatic carbocycles. The molecule has 0 bridgehead atoms. The fraction of sp³-hybridized carbons (Fsp3) is 0.304. The van der Waals surface area contributed by atoms with E-state index in [0.29, 0.717) is 17.9 Å². The number of nitriles is 1. The molecule has 0 radical (unpaired) electrons. The van der Waals surface area contributed by atoms with Crippen molar-refractivity contribution in [3.63, 3.8) is 0 Å². The van der Waals surface area contributed by atoms with Crippen molar-refractivity contribution < 1.29 is 22.7 Å². The van der Waals surface area contributed by atoms with Crippen LogP contribution in [0.25, 0.3) is 22.8 Å². The Kier molecular flexibility index (Phi) is 6.25. The summed E-state index contributed by atoms with van der Waals surface area (Å²) in [6.07, 6.45) is 1.09. The number of carbonyl (C=O) groups excluding carboxylic acids is 1. The Morgan fingerprint density at radius 1 is 1.28 bits per heavy atom. The zero-order chi connectivity index (χ0) is 23.6. The van der Waals surface area contributed by atoms with E-state index in [2.05, 4.69) is 10.1 Å². The highest BCUT2D eigenvalue weighted by atomic mass is 19.1. The Labute approximate surface area is 183 Å². The molecule has 0 unspecified atom stereocenters. The maximum Gasteiger partial charge on any atom is 0.316 e. The molecule has 166 valence electrons. The van der Waals surface area contributed by atoms with Crippen LogP contribution in [0, 0.1) is 35.3 Å². The SMILES string of the molecule is CCn1nc(C)cc1C(OC(=O)C(C)(C)C)=C(C#N)c1coc(-c2c(F)cccc2F)n1. The molecule has 0 aliphatic heterocycles. The summed E-state index contributed by atoms with van der Waals surface area (Å²) < 4.78 is 40.8. The van der Waals surface area contributed by atoms with E-state index < -0.39 is 28.6 Å². The second kappa shape index (κ2) is 8.75. The molecular formula is C23H22F2N4O3. The number of benzene rings is 1. The van der Waals surface area contributed by atoms with Crippen molar-refractivity contribution in [2.24, 2.45) is 5.41 Å². The van der Waals surface area contributed by atoms with Crippen molar-refractivity contribution in [1.82, 2.24) is 14.8 Å².